The average Bonchev–Trinajstić information content (AvgIpc) is 2.93. The molecule has 1 aliphatic rings. The molecule has 1 radical (unpaired) electrons. The Morgan fingerprint density at radius 1 is 1.00 bits per heavy atom. The standard InChI is InChI=1S/C7H15N.C7H10O.3CH4.Y/c1-7(2)8-5-3-4-6-8;1-6(2)7-3-4-8-5-7;;;;/h7H,3-6H2,1-2H3;3-6H,1-2H3;3*1H4;. The first-order valence-corrected chi connectivity index (χ1v) is 6.37. The van der Waals surface area contributed by atoms with E-state index < -0.39 is 0 Å². The minimum atomic E-state index is 0. The fourth-order valence-corrected chi connectivity index (χ4v) is 1.86. The van der Waals surface area contributed by atoms with Gasteiger partial charge >= 0.3 is 0 Å². The maximum atomic E-state index is 4.88. The molecule has 1 saturated heterocycles. The van der Waals surface area contributed by atoms with Gasteiger partial charge in [-0.25, -0.2) is 0 Å². The van der Waals surface area contributed by atoms with Crippen molar-refractivity contribution >= 4 is 0 Å². The van der Waals surface area contributed by atoms with Crippen molar-refractivity contribution in [1.29, 1.82) is 0 Å². The maximum absolute atomic E-state index is 4.88. The molecular formula is C17H37NOY. The van der Waals surface area contributed by atoms with Gasteiger partial charge in [0, 0.05) is 38.8 Å². The van der Waals surface area contributed by atoms with E-state index >= 15 is 0 Å². The Bertz CT molecular complexity index is 265. The van der Waals surface area contributed by atoms with Crippen LogP contribution in [0.4, 0.5) is 0 Å². The van der Waals surface area contributed by atoms with Crippen molar-refractivity contribution in [3.8, 4) is 0 Å². The largest absolute Gasteiger partial charge is 0.472 e. The summed E-state index contributed by atoms with van der Waals surface area (Å²) in [5.74, 6) is 0.591. The molecule has 1 aromatic rings. The van der Waals surface area contributed by atoms with E-state index in [1.54, 1.807) is 12.5 Å². The quantitative estimate of drug-likeness (QED) is 0.663. The minimum Gasteiger partial charge on any atom is -0.472 e. The zero-order valence-electron chi connectivity index (χ0n) is 11.6. The van der Waals surface area contributed by atoms with Gasteiger partial charge in [0.25, 0.3) is 0 Å². The zero-order valence-corrected chi connectivity index (χ0v) is 14.5. The molecule has 0 aromatic carbocycles. The molecule has 0 amide bonds. The van der Waals surface area contributed by atoms with Crippen LogP contribution in [0.1, 0.15) is 74.3 Å². The number of furan rings is 1. The van der Waals surface area contributed by atoms with E-state index in [2.05, 4.69) is 32.6 Å². The molecule has 0 aliphatic carbocycles. The van der Waals surface area contributed by atoms with Crippen molar-refractivity contribution in [2.24, 2.45) is 0 Å². The van der Waals surface area contributed by atoms with E-state index in [-0.39, 0.29) is 55.0 Å². The van der Waals surface area contributed by atoms with Crippen LogP contribution in [0.3, 0.4) is 0 Å². The molecule has 119 valence electrons. The Hall–Kier alpha value is 0.344. The number of likely N-dealkylation sites (tertiary alicyclic amines) is 1. The predicted molar refractivity (Wildman–Crippen MR) is 88.9 cm³/mol. The Balaban J connectivity index is -0.000000107. The van der Waals surface area contributed by atoms with Gasteiger partial charge in [0.1, 0.15) is 0 Å². The molecule has 1 aliphatic heterocycles. The predicted octanol–water partition coefficient (Wildman–Crippen LogP) is 5.80. The van der Waals surface area contributed by atoms with Gasteiger partial charge < -0.3 is 9.32 Å². The van der Waals surface area contributed by atoms with Gasteiger partial charge in [-0.3, -0.25) is 0 Å². The van der Waals surface area contributed by atoms with Crippen LogP contribution >= 0.6 is 0 Å². The van der Waals surface area contributed by atoms with E-state index in [1.165, 1.54) is 31.5 Å². The summed E-state index contributed by atoms with van der Waals surface area (Å²) in [5.41, 5.74) is 1.27. The summed E-state index contributed by atoms with van der Waals surface area (Å²) in [7, 11) is 0. The topological polar surface area (TPSA) is 16.4 Å². The summed E-state index contributed by atoms with van der Waals surface area (Å²) in [5, 5.41) is 0. The summed E-state index contributed by atoms with van der Waals surface area (Å²) in [6, 6.07) is 2.77. The van der Waals surface area contributed by atoms with Gasteiger partial charge in [0.05, 0.1) is 12.5 Å². The van der Waals surface area contributed by atoms with Crippen LogP contribution in [0, 0.1) is 0 Å². The summed E-state index contributed by atoms with van der Waals surface area (Å²) in [6.45, 7) is 11.5. The van der Waals surface area contributed by atoms with Crippen molar-refractivity contribution in [3.63, 3.8) is 0 Å². The molecule has 0 bridgehead atoms. The van der Waals surface area contributed by atoms with Gasteiger partial charge in [-0.1, -0.05) is 36.1 Å². The molecule has 2 rings (SSSR count). The third kappa shape index (κ3) is 11.1. The minimum absolute atomic E-state index is 0. The van der Waals surface area contributed by atoms with E-state index in [1.807, 2.05) is 6.07 Å². The third-order valence-electron chi connectivity index (χ3n) is 3.08. The molecule has 0 unspecified atom stereocenters. The van der Waals surface area contributed by atoms with Crippen molar-refractivity contribution in [2.45, 2.75) is 74.8 Å². The zero-order chi connectivity index (χ0) is 12.0. The number of hydrogen-bond donors (Lipinski definition) is 0. The second-order valence-electron chi connectivity index (χ2n) is 5.05. The number of nitrogens with zero attached hydrogens (tertiary/aromatic N) is 1. The van der Waals surface area contributed by atoms with E-state index in [9.17, 15) is 0 Å². The van der Waals surface area contributed by atoms with Crippen molar-refractivity contribution < 1.29 is 37.1 Å². The van der Waals surface area contributed by atoms with Crippen LogP contribution in [0.15, 0.2) is 23.0 Å². The second kappa shape index (κ2) is 15.7. The molecule has 2 nitrogen and oxygen atoms in total. The first-order chi connectivity index (χ1) is 7.61. The number of rotatable bonds is 2. The van der Waals surface area contributed by atoms with Crippen LogP contribution < -0.4 is 0 Å². The van der Waals surface area contributed by atoms with Gasteiger partial charge in [-0.2, -0.15) is 0 Å². The first-order valence-electron chi connectivity index (χ1n) is 6.37. The van der Waals surface area contributed by atoms with Crippen LogP contribution in [0.25, 0.3) is 0 Å². The molecule has 0 saturated carbocycles. The van der Waals surface area contributed by atoms with Gasteiger partial charge in [0.2, 0.25) is 0 Å². The van der Waals surface area contributed by atoms with Crippen LogP contribution in [-0.2, 0) is 32.7 Å². The Kier molecular flexibility index (Phi) is 22.4. The summed E-state index contributed by atoms with van der Waals surface area (Å²) in [4.78, 5) is 2.53. The van der Waals surface area contributed by atoms with E-state index in [0.29, 0.717) is 5.92 Å². The van der Waals surface area contributed by atoms with Crippen LogP contribution in [0.5, 0.6) is 0 Å². The SMILES string of the molecule is C.C.C.CC(C)N1CCCC1.CC(C)c1ccoc1.[Y]. The fraction of sp³-hybridized carbons (Fsp3) is 0.765. The molecule has 0 atom stereocenters. The van der Waals surface area contributed by atoms with Gasteiger partial charge in [0.15, 0.2) is 0 Å². The molecule has 1 aromatic heterocycles. The molecule has 0 N–H and O–H groups in total. The number of hydrogen-bond acceptors (Lipinski definition) is 2. The monoisotopic (exact) mass is 360 g/mol. The molecular weight excluding hydrogens is 323 g/mol. The van der Waals surface area contributed by atoms with E-state index in [4.69, 9.17) is 4.42 Å². The Morgan fingerprint density at radius 3 is 1.70 bits per heavy atom. The second-order valence-corrected chi connectivity index (χ2v) is 5.05. The normalized spacial score (nSPS) is 13.3. The molecule has 20 heavy (non-hydrogen) atoms. The van der Waals surface area contributed by atoms with Crippen LogP contribution in [0.2, 0.25) is 0 Å². The Morgan fingerprint density at radius 2 is 1.50 bits per heavy atom. The van der Waals surface area contributed by atoms with Crippen molar-refractivity contribution in [1.82, 2.24) is 4.90 Å². The summed E-state index contributed by atoms with van der Waals surface area (Å²) >= 11 is 0. The average molecular weight is 360 g/mol. The van der Waals surface area contributed by atoms with Crippen molar-refractivity contribution in [2.75, 3.05) is 13.1 Å². The smallest absolute Gasteiger partial charge is 0.0937 e. The summed E-state index contributed by atoms with van der Waals surface area (Å²) < 4.78 is 4.88. The molecule has 3 heteroatoms. The van der Waals surface area contributed by atoms with E-state index in [0.717, 1.165) is 6.04 Å². The van der Waals surface area contributed by atoms with Crippen molar-refractivity contribution in [3.05, 3.63) is 24.2 Å². The Labute approximate surface area is 153 Å². The molecule has 1 fully saturated rings. The third-order valence-corrected chi connectivity index (χ3v) is 3.08. The van der Waals surface area contributed by atoms with Gasteiger partial charge in [-0.15, -0.1) is 0 Å². The summed E-state index contributed by atoms with van der Waals surface area (Å²) in [6.07, 6.45) is 6.32. The first kappa shape index (κ1) is 28.5. The fourth-order valence-electron chi connectivity index (χ4n) is 1.86. The maximum Gasteiger partial charge on any atom is 0.0937 e. The molecule has 0 spiro atoms. The van der Waals surface area contributed by atoms with Gasteiger partial charge in [-0.05, 0) is 57.3 Å². The van der Waals surface area contributed by atoms with Crippen LogP contribution in [-0.4, -0.2) is 24.0 Å². The molecule has 2 heterocycles.